The van der Waals surface area contributed by atoms with Gasteiger partial charge < -0.3 is 9.47 Å². The Morgan fingerprint density at radius 2 is 2.19 bits per heavy atom. The number of carbonyl (C=O) groups excluding carboxylic acids is 1. The molecule has 0 saturated carbocycles. The summed E-state index contributed by atoms with van der Waals surface area (Å²) in [5.74, 6) is 0.359. The van der Waals surface area contributed by atoms with E-state index in [1.54, 1.807) is 30.5 Å². The number of H-pyrrole nitrogens is 1. The summed E-state index contributed by atoms with van der Waals surface area (Å²) < 4.78 is 2.23. The lowest BCUT2D eigenvalue weighted by atomic mass is 10.1. The van der Waals surface area contributed by atoms with Gasteiger partial charge in [-0.15, -0.1) is 0 Å². The zero-order valence-corrected chi connectivity index (χ0v) is 17.2. The molecule has 154 valence electrons. The van der Waals surface area contributed by atoms with Crippen molar-refractivity contribution in [2.75, 3.05) is 6.54 Å². The van der Waals surface area contributed by atoms with Gasteiger partial charge in [-0.3, -0.25) is 9.89 Å². The number of aromatic nitrogens is 4. The van der Waals surface area contributed by atoms with Gasteiger partial charge in [-0.2, -0.15) is 10.4 Å². The SMILES string of the molecule is C[C@@H]1C[C@H](Cn2ccc3nc(-c4cn[nH]c4)ccc32)CN1C(=O)c1cccc(C#N)c1. The molecule has 3 aromatic heterocycles. The molecule has 1 fully saturated rings. The Kier molecular flexibility index (Phi) is 4.75. The molecule has 1 aliphatic rings. The standard InChI is InChI=1S/C24H22N6O/c1-16-9-18(15-30(16)24(31)19-4-2-3-17(10-19)11-25)14-29-8-7-22-23(29)6-5-21(28-22)20-12-26-27-13-20/h2-8,10,12-13,16,18H,9,14-15H2,1H3,(H,26,27)/t16-,18-/m1/s1. The lowest BCUT2D eigenvalue weighted by Crippen LogP contribution is -2.34. The Labute approximate surface area is 179 Å². The van der Waals surface area contributed by atoms with Gasteiger partial charge in [0.1, 0.15) is 0 Å². The predicted molar refractivity (Wildman–Crippen MR) is 117 cm³/mol. The van der Waals surface area contributed by atoms with Crippen LogP contribution in [0.15, 0.2) is 61.1 Å². The second-order valence-corrected chi connectivity index (χ2v) is 8.16. The predicted octanol–water partition coefficient (Wildman–Crippen LogP) is 3.85. The van der Waals surface area contributed by atoms with Crippen LogP contribution in [0.5, 0.6) is 0 Å². The van der Waals surface area contributed by atoms with Crippen molar-refractivity contribution in [1.82, 2.24) is 24.6 Å². The molecule has 31 heavy (non-hydrogen) atoms. The van der Waals surface area contributed by atoms with Gasteiger partial charge in [0.2, 0.25) is 0 Å². The minimum Gasteiger partial charge on any atom is -0.346 e. The summed E-state index contributed by atoms with van der Waals surface area (Å²) in [4.78, 5) is 19.7. The molecule has 5 rings (SSSR count). The number of hydrogen-bond acceptors (Lipinski definition) is 4. The zero-order valence-electron chi connectivity index (χ0n) is 17.2. The maximum Gasteiger partial charge on any atom is 0.254 e. The van der Waals surface area contributed by atoms with Crippen LogP contribution in [0.2, 0.25) is 0 Å². The number of nitrogens with one attached hydrogen (secondary N) is 1. The highest BCUT2D eigenvalue weighted by Gasteiger charge is 2.33. The van der Waals surface area contributed by atoms with E-state index in [2.05, 4.69) is 40.0 Å². The second kappa shape index (κ2) is 7.73. The highest BCUT2D eigenvalue weighted by Crippen LogP contribution is 2.28. The van der Waals surface area contributed by atoms with Crippen molar-refractivity contribution in [2.45, 2.75) is 25.9 Å². The number of nitrogens with zero attached hydrogens (tertiary/aromatic N) is 5. The van der Waals surface area contributed by atoms with Gasteiger partial charge in [0, 0.05) is 42.7 Å². The molecule has 0 spiro atoms. The van der Waals surface area contributed by atoms with Crippen molar-refractivity contribution in [2.24, 2.45) is 5.92 Å². The van der Waals surface area contributed by atoms with E-state index in [4.69, 9.17) is 10.2 Å². The minimum atomic E-state index is -0.00381. The number of likely N-dealkylation sites (tertiary alicyclic amines) is 1. The molecule has 4 aromatic rings. The zero-order chi connectivity index (χ0) is 21.4. The molecule has 0 unspecified atom stereocenters. The van der Waals surface area contributed by atoms with Gasteiger partial charge in [0.25, 0.3) is 5.91 Å². The van der Waals surface area contributed by atoms with Crippen LogP contribution >= 0.6 is 0 Å². The number of carbonyl (C=O) groups is 1. The van der Waals surface area contributed by atoms with E-state index in [-0.39, 0.29) is 11.9 Å². The van der Waals surface area contributed by atoms with Crippen LogP contribution in [0.1, 0.15) is 29.3 Å². The van der Waals surface area contributed by atoms with Crippen molar-refractivity contribution in [3.63, 3.8) is 0 Å². The highest BCUT2D eigenvalue weighted by molar-refractivity contribution is 5.95. The quantitative estimate of drug-likeness (QED) is 0.553. The topological polar surface area (TPSA) is 90.6 Å². The van der Waals surface area contributed by atoms with Crippen LogP contribution in [0.3, 0.4) is 0 Å². The van der Waals surface area contributed by atoms with Gasteiger partial charge in [0.05, 0.1) is 34.6 Å². The number of amides is 1. The number of pyridine rings is 1. The normalized spacial score (nSPS) is 18.4. The molecule has 1 aromatic carbocycles. The average Bonchev–Trinajstić information content (AvgIpc) is 3.54. The van der Waals surface area contributed by atoms with Crippen molar-refractivity contribution in [3.8, 4) is 17.3 Å². The van der Waals surface area contributed by atoms with Crippen LogP contribution < -0.4 is 0 Å². The Hall–Kier alpha value is -3.92. The van der Waals surface area contributed by atoms with Gasteiger partial charge in [-0.25, -0.2) is 4.98 Å². The second-order valence-electron chi connectivity index (χ2n) is 8.16. The first-order valence-corrected chi connectivity index (χ1v) is 10.4. The lowest BCUT2D eigenvalue weighted by Gasteiger charge is -2.21. The third-order valence-corrected chi connectivity index (χ3v) is 6.03. The molecule has 1 amide bonds. The van der Waals surface area contributed by atoms with Crippen molar-refractivity contribution < 1.29 is 4.79 Å². The molecule has 0 radical (unpaired) electrons. The van der Waals surface area contributed by atoms with E-state index in [0.717, 1.165) is 35.3 Å². The number of fused-ring (bicyclic) bond motifs is 1. The Balaban J connectivity index is 1.32. The van der Waals surface area contributed by atoms with Crippen LogP contribution in [-0.4, -0.2) is 43.1 Å². The summed E-state index contributed by atoms with van der Waals surface area (Å²) in [5, 5.41) is 15.9. The molecule has 0 aliphatic carbocycles. The third-order valence-electron chi connectivity index (χ3n) is 6.03. The van der Waals surface area contributed by atoms with Crippen molar-refractivity contribution in [3.05, 3.63) is 72.2 Å². The van der Waals surface area contributed by atoms with Gasteiger partial charge in [0.15, 0.2) is 0 Å². The van der Waals surface area contributed by atoms with Crippen LogP contribution in [0.25, 0.3) is 22.3 Å². The first-order valence-electron chi connectivity index (χ1n) is 10.4. The minimum absolute atomic E-state index is 0.00381. The van der Waals surface area contributed by atoms with Gasteiger partial charge in [-0.05, 0) is 55.7 Å². The van der Waals surface area contributed by atoms with E-state index in [1.165, 1.54) is 0 Å². The molecule has 2 atom stereocenters. The number of nitriles is 1. The third kappa shape index (κ3) is 3.57. The summed E-state index contributed by atoms with van der Waals surface area (Å²) in [6.45, 7) is 3.64. The summed E-state index contributed by atoms with van der Waals surface area (Å²) >= 11 is 0. The van der Waals surface area contributed by atoms with Gasteiger partial charge >= 0.3 is 0 Å². The number of rotatable bonds is 4. The summed E-state index contributed by atoms with van der Waals surface area (Å²) in [6.07, 6.45) is 6.62. The first-order chi connectivity index (χ1) is 15.1. The number of hydrogen-bond donors (Lipinski definition) is 1. The fourth-order valence-electron chi connectivity index (χ4n) is 4.51. The van der Waals surface area contributed by atoms with E-state index < -0.39 is 0 Å². The van der Waals surface area contributed by atoms with Gasteiger partial charge in [-0.1, -0.05) is 6.07 Å². The largest absolute Gasteiger partial charge is 0.346 e. The van der Waals surface area contributed by atoms with E-state index >= 15 is 0 Å². The Bertz CT molecular complexity index is 1280. The summed E-state index contributed by atoms with van der Waals surface area (Å²) in [7, 11) is 0. The Morgan fingerprint density at radius 1 is 1.29 bits per heavy atom. The maximum absolute atomic E-state index is 13.0. The molecular weight excluding hydrogens is 388 g/mol. The first kappa shape index (κ1) is 19.1. The molecule has 7 heteroatoms. The van der Waals surface area contributed by atoms with Crippen LogP contribution in [0.4, 0.5) is 0 Å². The summed E-state index contributed by atoms with van der Waals surface area (Å²) in [6, 6.07) is 15.4. The van der Waals surface area contributed by atoms with Crippen molar-refractivity contribution in [1.29, 1.82) is 5.26 Å². The molecular formula is C24H22N6O. The Morgan fingerprint density at radius 3 is 3.00 bits per heavy atom. The molecule has 1 aliphatic heterocycles. The monoisotopic (exact) mass is 410 g/mol. The smallest absolute Gasteiger partial charge is 0.254 e. The number of aromatic amines is 1. The van der Waals surface area contributed by atoms with E-state index in [0.29, 0.717) is 23.6 Å². The molecule has 1 N–H and O–H groups in total. The van der Waals surface area contributed by atoms with Crippen LogP contribution in [0, 0.1) is 17.2 Å². The summed E-state index contributed by atoms with van der Waals surface area (Å²) in [5.41, 5.74) is 4.99. The fraction of sp³-hybridized carbons (Fsp3) is 0.250. The molecule has 0 bridgehead atoms. The molecule has 7 nitrogen and oxygen atoms in total. The fourth-order valence-corrected chi connectivity index (χ4v) is 4.51. The number of benzene rings is 1. The van der Waals surface area contributed by atoms with E-state index in [9.17, 15) is 4.79 Å². The lowest BCUT2D eigenvalue weighted by molar-refractivity contribution is 0.0742. The molecule has 4 heterocycles. The molecule has 1 saturated heterocycles. The van der Waals surface area contributed by atoms with Crippen molar-refractivity contribution >= 4 is 16.9 Å². The maximum atomic E-state index is 13.0. The van der Waals surface area contributed by atoms with Crippen LogP contribution in [-0.2, 0) is 6.54 Å². The average molecular weight is 410 g/mol. The highest BCUT2D eigenvalue weighted by atomic mass is 16.2. The van der Waals surface area contributed by atoms with E-state index in [1.807, 2.05) is 23.2 Å².